The highest BCUT2D eigenvalue weighted by molar-refractivity contribution is 8.08. The standard InChI is InChI=1S/C5H3NS3/c1-2-8-5-4(7-1)3-9-6-5/h1-3H. The van der Waals surface area contributed by atoms with E-state index < -0.39 is 0 Å². The molecule has 0 bridgehead atoms. The van der Waals surface area contributed by atoms with Gasteiger partial charge in [0.25, 0.3) is 0 Å². The monoisotopic (exact) mass is 173 g/mol. The smallest absolute Gasteiger partial charge is 0.128 e. The molecule has 1 aromatic rings. The first-order valence-electron chi connectivity index (χ1n) is 2.39. The Morgan fingerprint density at radius 2 is 2.11 bits per heavy atom. The van der Waals surface area contributed by atoms with Crippen molar-refractivity contribution in [3.05, 3.63) is 16.2 Å². The van der Waals surface area contributed by atoms with Gasteiger partial charge in [-0.25, -0.2) is 0 Å². The van der Waals surface area contributed by atoms with Gasteiger partial charge in [0.2, 0.25) is 0 Å². The summed E-state index contributed by atoms with van der Waals surface area (Å²) in [7, 11) is 0. The van der Waals surface area contributed by atoms with E-state index in [9.17, 15) is 0 Å². The molecule has 1 aromatic heterocycles. The Morgan fingerprint density at radius 3 is 3.00 bits per heavy atom. The fraction of sp³-hybridized carbons (Fsp3) is 0. The van der Waals surface area contributed by atoms with Gasteiger partial charge in [-0.2, -0.15) is 4.37 Å². The highest BCUT2D eigenvalue weighted by Crippen LogP contribution is 2.37. The summed E-state index contributed by atoms with van der Waals surface area (Å²) in [5.74, 6) is 0. The highest BCUT2D eigenvalue weighted by atomic mass is 32.2. The normalized spacial score (nSPS) is 15.6. The number of rotatable bonds is 0. The molecule has 0 spiro atoms. The molecule has 0 aromatic carbocycles. The molecule has 0 fully saturated rings. The summed E-state index contributed by atoms with van der Waals surface area (Å²) in [6.07, 6.45) is 0. The second-order valence-corrected chi connectivity index (χ2v) is 3.96. The Bertz CT molecular complexity index is 218. The van der Waals surface area contributed by atoms with Gasteiger partial charge in [-0.05, 0) is 22.3 Å². The predicted octanol–water partition coefficient (Wildman–Crippen LogP) is 2.81. The lowest BCUT2D eigenvalue weighted by Crippen LogP contribution is -1.72. The van der Waals surface area contributed by atoms with Crippen molar-refractivity contribution in [1.29, 1.82) is 0 Å². The fourth-order valence-corrected chi connectivity index (χ4v) is 3.14. The Hall–Kier alpha value is 0.0700. The average molecular weight is 173 g/mol. The van der Waals surface area contributed by atoms with Crippen LogP contribution in [0.3, 0.4) is 0 Å². The van der Waals surface area contributed by atoms with Crippen molar-refractivity contribution in [3.63, 3.8) is 0 Å². The number of hydrogen-bond donors (Lipinski definition) is 0. The number of thioether (sulfide) groups is 2. The molecule has 0 unspecified atom stereocenters. The molecule has 0 atom stereocenters. The molecule has 46 valence electrons. The van der Waals surface area contributed by atoms with E-state index in [1.807, 2.05) is 0 Å². The molecule has 0 radical (unpaired) electrons. The number of fused-ring (bicyclic) bond motifs is 1. The van der Waals surface area contributed by atoms with Crippen LogP contribution in [0.2, 0.25) is 0 Å². The van der Waals surface area contributed by atoms with Gasteiger partial charge in [0, 0.05) is 5.38 Å². The van der Waals surface area contributed by atoms with Crippen LogP contribution >= 0.6 is 35.1 Å². The van der Waals surface area contributed by atoms with Gasteiger partial charge in [-0.3, -0.25) is 0 Å². The largest absolute Gasteiger partial charge is 0.185 e. The van der Waals surface area contributed by atoms with E-state index >= 15 is 0 Å². The Balaban J connectivity index is 2.46. The minimum Gasteiger partial charge on any atom is -0.185 e. The van der Waals surface area contributed by atoms with Gasteiger partial charge in [-0.1, -0.05) is 23.5 Å². The van der Waals surface area contributed by atoms with Crippen molar-refractivity contribution in [2.75, 3.05) is 0 Å². The molecular formula is C5H3NS3. The summed E-state index contributed by atoms with van der Waals surface area (Å²) in [6.45, 7) is 0. The third-order valence-corrected chi connectivity index (χ3v) is 3.78. The third kappa shape index (κ3) is 1.02. The van der Waals surface area contributed by atoms with Crippen LogP contribution in [0, 0.1) is 0 Å². The summed E-state index contributed by atoms with van der Waals surface area (Å²) < 4.78 is 4.19. The second kappa shape index (κ2) is 2.36. The lowest BCUT2D eigenvalue weighted by atomic mass is 10.8. The maximum absolute atomic E-state index is 4.19. The Labute approximate surface area is 65.7 Å². The van der Waals surface area contributed by atoms with E-state index in [1.165, 1.54) is 16.4 Å². The van der Waals surface area contributed by atoms with Crippen molar-refractivity contribution >= 4 is 35.1 Å². The van der Waals surface area contributed by atoms with Crippen molar-refractivity contribution in [2.24, 2.45) is 0 Å². The van der Waals surface area contributed by atoms with E-state index in [2.05, 4.69) is 20.6 Å². The SMILES string of the molecule is C1=CSc2nscc2S1. The third-order valence-electron chi connectivity index (χ3n) is 0.936. The molecule has 0 saturated carbocycles. The van der Waals surface area contributed by atoms with Crippen molar-refractivity contribution in [2.45, 2.75) is 9.92 Å². The van der Waals surface area contributed by atoms with E-state index in [1.54, 1.807) is 23.5 Å². The van der Waals surface area contributed by atoms with Gasteiger partial charge in [0.15, 0.2) is 0 Å². The van der Waals surface area contributed by atoms with Crippen molar-refractivity contribution in [1.82, 2.24) is 4.37 Å². The Kier molecular flexibility index (Phi) is 1.53. The molecule has 0 N–H and O–H groups in total. The van der Waals surface area contributed by atoms with Gasteiger partial charge < -0.3 is 0 Å². The van der Waals surface area contributed by atoms with Crippen molar-refractivity contribution in [3.8, 4) is 0 Å². The lowest BCUT2D eigenvalue weighted by molar-refractivity contribution is 1.17. The van der Waals surface area contributed by atoms with Crippen LogP contribution in [-0.4, -0.2) is 4.37 Å². The zero-order valence-corrected chi connectivity index (χ0v) is 6.85. The van der Waals surface area contributed by atoms with E-state index in [-0.39, 0.29) is 0 Å². The van der Waals surface area contributed by atoms with Crippen LogP contribution in [0.1, 0.15) is 0 Å². The first-order valence-corrected chi connectivity index (χ1v) is 4.99. The maximum Gasteiger partial charge on any atom is 0.128 e. The topological polar surface area (TPSA) is 12.9 Å². The van der Waals surface area contributed by atoms with Crippen LogP contribution < -0.4 is 0 Å². The molecule has 4 heteroatoms. The molecule has 1 aliphatic rings. The summed E-state index contributed by atoms with van der Waals surface area (Å²) in [5, 5.41) is 7.39. The van der Waals surface area contributed by atoms with Crippen LogP contribution in [-0.2, 0) is 0 Å². The Morgan fingerprint density at radius 1 is 1.22 bits per heavy atom. The molecular weight excluding hydrogens is 170 g/mol. The molecule has 0 amide bonds. The summed E-state index contributed by atoms with van der Waals surface area (Å²) in [6, 6.07) is 0. The van der Waals surface area contributed by atoms with Gasteiger partial charge >= 0.3 is 0 Å². The number of hydrogen-bond acceptors (Lipinski definition) is 4. The maximum atomic E-state index is 4.19. The first kappa shape index (κ1) is 5.82. The molecule has 2 rings (SSSR count). The summed E-state index contributed by atoms with van der Waals surface area (Å²) in [5.41, 5.74) is 0. The minimum absolute atomic E-state index is 1.16. The van der Waals surface area contributed by atoms with Gasteiger partial charge in [-0.15, -0.1) is 0 Å². The molecule has 2 heterocycles. The quantitative estimate of drug-likeness (QED) is 0.599. The predicted molar refractivity (Wildman–Crippen MR) is 43.0 cm³/mol. The zero-order chi connectivity index (χ0) is 6.10. The van der Waals surface area contributed by atoms with Crippen LogP contribution in [0.4, 0.5) is 0 Å². The zero-order valence-electron chi connectivity index (χ0n) is 4.40. The molecule has 0 aliphatic carbocycles. The van der Waals surface area contributed by atoms with E-state index in [0.29, 0.717) is 0 Å². The summed E-state index contributed by atoms with van der Waals surface area (Å²) in [4.78, 5) is 1.30. The molecule has 1 nitrogen and oxygen atoms in total. The minimum atomic E-state index is 1.16. The number of nitrogens with zero attached hydrogens (tertiary/aromatic N) is 1. The van der Waals surface area contributed by atoms with E-state index in [4.69, 9.17) is 0 Å². The van der Waals surface area contributed by atoms with Gasteiger partial charge in [0.1, 0.15) is 5.03 Å². The molecule has 0 saturated heterocycles. The van der Waals surface area contributed by atoms with Crippen molar-refractivity contribution < 1.29 is 0 Å². The van der Waals surface area contributed by atoms with Gasteiger partial charge in [0.05, 0.1) is 4.90 Å². The average Bonchev–Trinajstić information content (AvgIpc) is 2.33. The second-order valence-electron chi connectivity index (χ2n) is 1.49. The summed E-state index contributed by atoms with van der Waals surface area (Å²) >= 11 is 4.96. The molecule has 9 heavy (non-hydrogen) atoms. The fourth-order valence-electron chi connectivity index (χ4n) is 0.569. The molecule has 1 aliphatic heterocycles. The number of aromatic nitrogens is 1. The van der Waals surface area contributed by atoms with E-state index in [0.717, 1.165) is 5.03 Å². The first-order chi connectivity index (χ1) is 4.47. The lowest BCUT2D eigenvalue weighted by Gasteiger charge is -1.98. The highest BCUT2D eigenvalue weighted by Gasteiger charge is 2.07. The van der Waals surface area contributed by atoms with Crippen LogP contribution in [0.15, 0.2) is 26.1 Å². The van der Waals surface area contributed by atoms with Crippen LogP contribution in [0.25, 0.3) is 0 Å². The van der Waals surface area contributed by atoms with Crippen LogP contribution in [0.5, 0.6) is 0 Å².